The van der Waals surface area contributed by atoms with E-state index in [1.54, 1.807) is 30.5 Å². The highest BCUT2D eigenvalue weighted by molar-refractivity contribution is 6.30. The molecule has 30 heavy (non-hydrogen) atoms. The standard InChI is InChI=1S/C24H16N4O2/c1-13-10-17(23(29)18(11-25)24(30)27-14-6-3-2-4-7-14)15-8-5-9-16-21(15)20(13)19-12-26-28-22(16)19/h2-10,12-13,18H,1H3,(H,27,30). The van der Waals surface area contributed by atoms with Crippen LogP contribution in [0.3, 0.4) is 0 Å². The molecule has 1 amide bonds. The lowest BCUT2D eigenvalue weighted by Gasteiger charge is -2.21. The van der Waals surface area contributed by atoms with Crippen LogP contribution in [0.1, 0.15) is 12.5 Å². The topological polar surface area (TPSA) is 94.7 Å². The summed E-state index contributed by atoms with van der Waals surface area (Å²) in [6, 6.07) is 16.4. The van der Waals surface area contributed by atoms with Crippen LogP contribution in [0.2, 0.25) is 0 Å². The number of nitrogens with zero attached hydrogens (tertiary/aromatic N) is 3. The number of amides is 1. The molecule has 2 aliphatic carbocycles. The van der Waals surface area contributed by atoms with Crippen molar-refractivity contribution in [3.63, 3.8) is 0 Å². The second-order valence-electron chi connectivity index (χ2n) is 7.40. The Balaban J connectivity index is 1.56. The van der Waals surface area contributed by atoms with Crippen molar-refractivity contribution in [2.45, 2.75) is 6.92 Å². The Bertz CT molecular complexity index is 1370. The molecule has 3 aliphatic rings. The lowest BCUT2D eigenvalue weighted by Crippen LogP contribution is -2.35. The molecule has 2 unspecified atom stereocenters. The number of carbonyl (C=O) groups excluding carboxylic acids is 2. The van der Waals surface area contributed by atoms with Crippen LogP contribution in [0.15, 0.2) is 76.6 Å². The molecule has 6 heteroatoms. The summed E-state index contributed by atoms with van der Waals surface area (Å²) in [4.78, 5) is 26.0. The zero-order chi connectivity index (χ0) is 20.8. The van der Waals surface area contributed by atoms with E-state index in [1.807, 2.05) is 43.3 Å². The Hall–Kier alpha value is -4.11. The normalized spacial score (nSPS) is 18.7. The number of rotatable bonds is 4. The minimum Gasteiger partial charge on any atom is -0.325 e. The van der Waals surface area contributed by atoms with Crippen molar-refractivity contribution >= 4 is 34.2 Å². The molecule has 0 radical (unpaired) electrons. The largest absolute Gasteiger partial charge is 0.325 e. The molecule has 0 aromatic heterocycles. The number of fused-ring (bicyclic) bond motifs is 2. The average molecular weight is 392 g/mol. The van der Waals surface area contributed by atoms with Crippen LogP contribution in [0.25, 0.3) is 16.8 Å². The van der Waals surface area contributed by atoms with E-state index in [4.69, 9.17) is 0 Å². The monoisotopic (exact) mass is 392 g/mol. The average Bonchev–Trinajstić information content (AvgIpc) is 3.34. The summed E-state index contributed by atoms with van der Waals surface area (Å²) in [6.07, 6.45) is 3.59. The third-order valence-corrected chi connectivity index (χ3v) is 5.60. The highest BCUT2D eigenvalue weighted by Crippen LogP contribution is 2.38. The Morgan fingerprint density at radius 3 is 2.70 bits per heavy atom. The van der Waals surface area contributed by atoms with Crippen LogP contribution in [-0.4, -0.2) is 11.7 Å². The van der Waals surface area contributed by atoms with Gasteiger partial charge in [-0.2, -0.15) is 10.4 Å². The number of para-hydroxylation sites is 1. The fraction of sp³-hybridized carbons (Fsp3) is 0.125. The maximum atomic E-state index is 13.3. The molecule has 2 aromatic carbocycles. The fourth-order valence-corrected chi connectivity index (χ4v) is 4.29. The van der Waals surface area contributed by atoms with Crippen molar-refractivity contribution in [3.8, 4) is 6.07 Å². The molecule has 2 aromatic rings. The van der Waals surface area contributed by atoms with E-state index in [0.717, 1.165) is 32.8 Å². The number of nitrogens with one attached hydrogen (secondary N) is 1. The number of azo groups is 1. The quantitative estimate of drug-likeness (QED) is 0.811. The van der Waals surface area contributed by atoms with Gasteiger partial charge in [-0.15, -0.1) is 5.11 Å². The van der Waals surface area contributed by atoms with E-state index in [2.05, 4.69) is 15.5 Å². The maximum Gasteiger partial charge on any atom is 0.249 e. The Morgan fingerprint density at radius 2 is 1.93 bits per heavy atom. The summed E-state index contributed by atoms with van der Waals surface area (Å²) in [5.74, 6) is -2.63. The molecule has 5 rings (SSSR count). The predicted octanol–water partition coefficient (Wildman–Crippen LogP) is 2.69. The molecule has 0 saturated heterocycles. The van der Waals surface area contributed by atoms with Gasteiger partial charge in [-0.05, 0) is 28.5 Å². The molecule has 1 N–H and O–H groups in total. The van der Waals surface area contributed by atoms with Gasteiger partial charge in [0.15, 0.2) is 11.7 Å². The van der Waals surface area contributed by atoms with Crippen molar-refractivity contribution in [1.29, 1.82) is 5.26 Å². The van der Waals surface area contributed by atoms with Gasteiger partial charge in [0.05, 0.1) is 12.3 Å². The van der Waals surface area contributed by atoms with E-state index in [-0.39, 0.29) is 5.92 Å². The molecule has 0 fully saturated rings. The smallest absolute Gasteiger partial charge is 0.249 e. The second kappa shape index (κ2) is 6.75. The van der Waals surface area contributed by atoms with E-state index in [1.165, 1.54) is 0 Å². The van der Waals surface area contributed by atoms with Crippen LogP contribution < -0.4 is 15.8 Å². The summed E-state index contributed by atoms with van der Waals surface area (Å²) in [5, 5.41) is 22.5. The zero-order valence-electron chi connectivity index (χ0n) is 16.1. The summed E-state index contributed by atoms with van der Waals surface area (Å²) >= 11 is 0. The number of benzene rings is 2. The molecule has 144 valence electrons. The molecule has 0 bridgehead atoms. The van der Waals surface area contributed by atoms with Gasteiger partial charge in [-0.1, -0.05) is 49.4 Å². The van der Waals surface area contributed by atoms with Gasteiger partial charge in [0, 0.05) is 28.0 Å². The van der Waals surface area contributed by atoms with Crippen LogP contribution in [-0.2, 0) is 9.59 Å². The van der Waals surface area contributed by atoms with Crippen LogP contribution in [0, 0.1) is 23.2 Å². The lowest BCUT2D eigenvalue weighted by molar-refractivity contribution is -0.125. The van der Waals surface area contributed by atoms with E-state index in [9.17, 15) is 14.9 Å². The first-order valence-corrected chi connectivity index (χ1v) is 9.61. The first kappa shape index (κ1) is 18.0. The van der Waals surface area contributed by atoms with Crippen molar-refractivity contribution in [3.05, 3.63) is 82.4 Å². The Kier molecular flexibility index (Phi) is 4.04. The number of allylic oxidation sites excluding steroid dienone is 2. The minimum atomic E-state index is -1.44. The predicted molar refractivity (Wildman–Crippen MR) is 112 cm³/mol. The van der Waals surface area contributed by atoms with Gasteiger partial charge in [0.25, 0.3) is 0 Å². The molecule has 0 saturated carbocycles. The number of nitriles is 1. The minimum absolute atomic E-state index is 0.0682. The molecule has 6 nitrogen and oxygen atoms in total. The molecular weight excluding hydrogens is 376 g/mol. The third-order valence-electron chi connectivity index (χ3n) is 5.60. The summed E-state index contributed by atoms with van der Waals surface area (Å²) in [7, 11) is 0. The lowest BCUT2D eigenvalue weighted by atomic mass is 9.81. The molecule has 1 aliphatic heterocycles. The first-order valence-electron chi connectivity index (χ1n) is 9.61. The van der Waals surface area contributed by atoms with Crippen LogP contribution >= 0.6 is 0 Å². The van der Waals surface area contributed by atoms with Gasteiger partial charge in [-0.25, -0.2) is 0 Å². The van der Waals surface area contributed by atoms with Crippen LogP contribution in [0.4, 0.5) is 5.69 Å². The van der Waals surface area contributed by atoms with Crippen molar-refractivity contribution in [1.82, 2.24) is 0 Å². The molecule has 2 atom stereocenters. The molecule has 1 heterocycles. The SMILES string of the molecule is CC1C=C(C(=O)C(C#N)C(=O)Nc2ccccc2)c2cccc3c2=C1C1=CN=NC=31. The Labute approximate surface area is 172 Å². The van der Waals surface area contributed by atoms with E-state index < -0.39 is 17.6 Å². The van der Waals surface area contributed by atoms with Crippen molar-refractivity contribution in [2.24, 2.45) is 22.1 Å². The van der Waals surface area contributed by atoms with E-state index >= 15 is 0 Å². The highest BCUT2D eigenvalue weighted by atomic mass is 16.2. The number of hydrogen-bond donors (Lipinski definition) is 1. The molecule has 0 spiro atoms. The Morgan fingerprint density at radius 1 is 1.13 bits per heavy atom. The number of carbonyl (C=O) groups is 2. The number of ketones is 1. The summed E-state index contributed by atoms with van der Waals surface area (Å²) < 4.78 is 0. The van der Waals surface area contributed by atoms with Crippen molar-refractivity contribution < 1.29 is 9.59 Å². The number of anilines is 1. The highest BCUT2D eigenvalue weighted by Gasteiger charge is 2.36. The number of hydrogen-bond acceptors (Lipinski definition) is 5. The van der Waals surface area contributed by atoms with Gasteiger partial charge in [-0.3, -0.25) is 9.59 Å². The summed E-state index contributed by atoms with van der Waals surface area (Å²) in [6.45, 7) is 2.00. The van der Waals surface area contributed by atoms with Gasteiger partial charge < -0.3 is 5.32 Å². The zero-order valence-corrected chi connectivity index (χ0v) is 16.1. The summed E-state index contributed by atoms with van der Waals surface area (Å²) in [5.41, 5.74) is 4.55. The van der Waals surface area contributed by atoms with Crippen LogP contribution in [0.5, 0.6) is 0 Å². The van der Waals surface area contributed by atoms with Gasteiger partial charge in [0.2, 0.25) is 5.91 Å². The number of Topliss-reactive ketones (excluding diaryl/α,β-unsaturated/α-hetero) is 1. The fourth-order valence-electron chi connectivity index (χ4n) is 4.29. The molecular formula is C24H16N4O2. The van der Waals surface area contributed by atoms with E-state index in [0.29, 0.717) is 11.3 Å². The second-order valence-corrected chi connectivity index (χ2v) is 7.40. The van der Waals surface area contributed by atoms with Crippen molar-refractivity contribution in [2.75, 3.05) is 5.32 Å². The maximum absolute atomic E-state index is 13.3. The van der Waals surface area contributed by atoms with Gasteiger partial charge >= 0.3 is 0 Å². The first-order chi connectivity index (χ1) is 14.6. The third kappa shape index (κ3) is 2.56. The van der Waals surface area contributed by atoms with Gasteiger partial charge in [0.1, 0.15) is 5.70 Å².